The zero-order chi connectivity index (χ0) is 15.7. The van der Waals surface area contributed by atoms with Crippen LogP contribution >= 0.6 is 27.7 Å². The zero-order valence-corrected chi connectivity index (χ0v) is 14.6. The Morgan fingerprint density at radius 1 is 1.48 bits per heavy atom. The molecule has 116 valence electrons. The maximum Gasteiger partial charge on any atom is 0.335 e. The third kappa shape index (κ3) is 3.61. The van der Waals surface area contributed by atoms with Crippen LogP contribution in [0.15, 0.2) is 27.6 Å². The van der Waals surface area contributed by atoms with Crippen molar-refractivity contribution in [2.75, 3.05) is 12.8 Å². The normalized spacial score (nSPS) is 17.2. The first-order valence-corrected chi connectivity index (χ1v) is 9.87. The van der Waals surface area contributed by atoms with E-state index >= 15 is 0 Å². The Morgan fingerprint density at radius 2 is 2.14 bits per heavy atom. The van der Waals surface area contributed by atoms with Crippen LogP contribution in [0.5, 0.6) is 0 Å². The van der Waals surface area contributed by atoms with Crippen molar-refractivity contribution >= 4 is 43.7 Å². The van der Waals surface area contributed by atoms with E-state index in [1.807, 2.05) is 6.26 Å². The highest BCUT2D eigenvalue weighted by Crippen LogP contribution is 2.42. The van der Waals surface area contributed by atoms with E-state index in [2.05, 4.69) is 20.7 Å². The van der Waals surface area contributed by atoms with Crippen LogP contribution in [0, 0.1) is 0 Å². The molecular weight excluding hydrogens is 378 g/mol. The molecule has 0 amide bonds. The number of carbonyl (C=O) groups is 1. The van der Waals surface area contributed by atoms with Crippen molar-refractivity contribution in [3.05, 3.63) is 28.2 Å². The molecule has 0 atom stereocenters. The van der Waals surface area contributed by atoms with Crippen molar-refractivity contribution in [2.24, 2.45) is 0 Å². The number of benzene rings is 1. The number of carboxylic acids is 1. The topological polar surface area (TPSA) is 83.5 Å². The number of hydrogen-bond donors (Lipinski definition) is 2. The van der Waals surface area contributed by atoms with Crippen LogP contribution in [0.2, 0.25) is 0 Å². The predicted molar refractivity (Wildman–Crippen MR) is 86.4 cm³/mol. The molecule has 0 aromatic heterocycles. The molecule has 0 spiro atoms. The second-order valence-corrected chi connectivity index (χ2v) is 8.88. The Bertz CT molecular complexity index is 651. The molecule has 0 heterocycles. The first kappa shape index (κ1) is 16.8. The summed E-state index contributed by atoms with van der Waals surface area (Å²) in [5, 5.41) is 8.98. The molecule has 1 saturated carbocycles. The van der Waals surface area contributed by atoms with Crippen LogP contribution in [-0.2, 0) is 10.0 Å². The van der Waals surface area contributed by atoms with Crippen LogP contribution < -0.4 is 4.72 Å². The summed E-state index contributed by atoms with van der Waals surface area (Å²) >= 11 is 4.84. The molecule has 1 aromatic carbocycles. The molecular formula is C13H16BrNO4S2. The van der Waals surface area contributed by atoms with Crippen LogP contribution in [-0.4, -0.2) is 37.0 Å². The lowest BCUT2D eigenvalue weighted by atomic mass is 9.84. The molecule has 5 nitrogen and oxygen atoms in total. The summed E-state index contributed by atoms with van der Waals surface area (Å²) in [5.74, 6) is -1.15. The van der Waals surface area contributed by atoms with Gasteiger partial charge in [0.15, 0.2) is 0 Å². The summed E-state index contributed by atoms with van der Waals surface area (Å²) < 4.78 is 27.7. The lowest BCUT2D eigenvalue weighted by Gasteiger charge is -2.40. The molecule has 2 rings (SSSR count). The van der Waals surface area contributed by atoms with Crippen LogP contribution in [0.4, 0.5) is 0 Å². The summed E-state index contributed by atoms with van der Waals surface area (Å²) in [6.07, 6.45) is 5.08. The molecule has 8 heteroatoms. The van der Waals surface area contributed by atoms with Gasteiger partial charge in [0.05, 0.1) is 10.5 Å². The lowest BCUT2D eigenvalue weighted by Crippen LogP contribution is -2.45. The van der Waals surface area contributed by atoms with Crippen molar-refractivity contribution in [3.8, 4) is 0 Å². The van der Waals surface area contributed by atoms with Gasteiger partial charge in [-0.15, -0.1) is 0 Å². The van der Waals surface area contributed by atoms with Gasteiger partial charge in [0.25, 0.3) is 0 Å². The fraction of sp³-hybridized carbons (Fsp3) is 0.462. The fourth-order valence-corrected chi connectivity index (χ4v) is 5.29. The number of nitrogens with one attached hydrogen (secondary N) is 1. The zero-order valence-electron chi connectivity index (χ0n) is 11.4. The molecule has 1 aromatic rings. The van der Waals surface area contributed by atoms with E-state index in [1.54, 1.807) is 11.8 Å². The highest BCUT2D eigenvalue weighted by Gasteiger charge is 2.37. The summed E-state index contributed by atoms with van der Waals surface area (Å²) in [5.41, 5.74) is -0.0539. The van der Waals surface area contributed by atoms with E-state index in [0.717, 1.165) is 19.3 Å². The minimum absolute atomic E-state index is 0.0239. The van der Waals surface area contributed by atoms with Gasteiger partial charge >= 0.3 is 5.97 Å². The number of halogens is 1. The van der Waals surface area contributed by atoms with Gasteiger partial charge in [-0.2, -0.15) is 11.8 Å². The third-order valence-electron chi connectivity index (χ3n) is 3.75. The van der Waals surface area contributed by atoms with Crippen LogP contribution in [0.1, 0.15) is 29.6 Å². The summed E-state index contributed by atoms with van der Waals surface area (Å²) in [4.78, 5) is 10.9. The van der Waals surface area contributed by atoms with Gasteiger partial charge in [-0.25, -0.2) is 17.9 Å². The standard InChI is InChI=1S/C13H16BrNO4S2/c1-20-13(5-2-6-13)8-15-21(18,19)11-7-9(12(16)17)3-4-10(11)14/h3-4,7,15H,2,5-6,8H2,1H3,(H,16,17). The van der Waals surface area contributed by atoms with Crippen LogP contribution in [0.3, 0.4) is 0 Å². The predicted octanol–water partition coefficient (Wildman–Crippen LogP) is 2.71. The van der Waals surface area contributed by atoms with Gasteiger partial charge < -0.3 is 5.11 Å². The van der Waals surface area contributed by atoms with Crippen molar-refractivity contribution in [2.45, 2.75) is 28.9 Å². The van der Waals surface area contributed by atoms with Gasteiger partial charge in [0, 0.05) is 15.8 Å². The van der Waals surface area contributed by atoms with E-state index in [1.165, 1.54) is 18.2 Å². The molecule has 0 bridgehead atoms. The molecule has 0 aliphatic heterocycles. The van der Waals surface area contributed by atoms with Gasteiger partial charge in [0.1, 0.15) is 0 Å². The molecule has 1 aliphatic carbocycles. The fourth-order valence-electron chi connectivity index (χ4n) is 2.17. The minimum Gasteiger partial charge on any atom is -0.478 e. The second-order valence-electron chi connectivity index (χ2n) is 5.02. The lowest BCUT2D eigenvalue weighted by molar-refractivity contribution is 0.0696. The number of thioether (sulfide) groups is 1. The first-order chi connectivity index (χ1) is 9.80. The Hall–Kier alpha value is -0.570. The van der Waals surface area contributed by atoms with Crippen molar-refractivity contribution in [1.29, 1.82) is 0 Å². The smallest absolute Gasteiger partial charge is 0.335 e. The quantitative estimate of drug-likeness (QED) is 0.775. The highest BCUT2D eigenvalue weighted by atomic mass is 79.9. The average molecular weight is 394 g/mol. The van der Waals surface area contributed by atoms with Crippen LogP contribution in [0.25, 0.3) is 0 Å². The number of aromatic carboxylic acids is 1. The number of carboxylic acid groups (broad SMARTS) is 1. The Morgan fingerprint density at radius 3 is 2.62 bits per heavy atom. The molecule has 0 radical (unpaired) electrons. The SMILES string of the molecule is CSC1(CNS(=O)(=O)c2cc(C(=O)O)ccc2Br)CCC1. The number of rotatable bonds is 6. The first-order valence-electron chi connectivity index (χ1n) is 6.37. The van der Waals surface area contributed by atoms with E-state index in [9.17, 15) is 13.2 Å². The van der Waals surface area contributed by atoms with Crippen molar-refractivity contribution in [1.82, 2.24) is 4.72 Å². The summed E-state index contributed by atoms with van der Waals surface area (Å²) in [7, 11) is -3.74. The molecule has 1 aliphatic rings. The Labute approximate surface area is 136 Å². The van der Waals surface area contributed by atoms with Gasteiger partial charge in [-0.3, -0.25) is 0 Å². The van der Waals surface area contributed by atoms with E-state index in [0.29, 0.717) is 11.0 Å². The Balaban J connectivity index is 2.23. The van der Waals surface area contributed by atoms with Gasteiger partial charge in [0.2, 0.25) is 10.0 Å². The minimum atomic E-state index is -3.74. The summed E-state index contributed by atoms with van der Waals surface area (Å²) in [6.45, 7) is 0.361. The second kappa shape index (κ2) is 6.28. The number of sulfonamides is 1. The number of hydrogen-bond acceptors (Lipinski definition) is 4. The van der Waals surface area contributed by atoms with E-state index < -0.39 is 16.0 Å². The maximum absolute atomic E-state index is 12.4. The molecule has 0 unspecified atom stereocenters. The average Bonchev–Trinajstić information content (AvgIpc) is 2.38. The van der Waals surface area contributed by atoms with E-state index in [4.69, 9.17) is 5.11 Å². The molecule has 0 saturated heterocycles. The highest BCUT2D eigenvalue weighted by molar-refractivity contribution is 9.10. The van der Waals surface area contributed by atoms with Gasteiger partial charge in [-0.05, 0) is 53.2 Å². The molecule has 1 fully saturated rings. The van der Waals surface area contributed by atoms with Crippen molar-refractivity contribution < 1.29 is 18.3 Å². The van der Waals surface area contributed by atoms with Gasteiger partial charge in [-0.1, -0.05) is 6.42 Å². The maximum atomic E-state index is 12.4. The third-order valence-corrected chi connectivity index (χ3v) is 7.56. The largest absolute Gasteiger partial charge is 0.478 e. The molecule has 2 N–H and O–H groups in total. The Kier molecular flexibility index (Phi) is 5.02. The monoisotopic (exact) mass is 393 g/mol. The van der Waals surface area contributed by atoms with E-state index in [-0.39, 0.29) is 15.2 Å². The molecule has 21 heavy (non-hydrogen) atoms. The van der Waals surface area contributed by atoms with Crippen molar-refractivity contribution in [3.63, 3.8) is 0 Å². The summed E-state index contributed by atoms with van der Waals surface area (Å²) in [6, 6.07) is 3.97.